The maximum atomic E-state index is 12.7. The predicted molar refractivity (Wildman–Crippen MR) is 84.7 cm³/mol. The Morgan fingerprint density at radius 3 is 2.43 bits per heavy atom. The van der Waals surface area contributed by atoms with Crippen LogP contribution in [-0.4, -0.2) is 43.4 Å². The van der Waals surface area contributed by atoms with Crippen molar-refractivity contribution in [3.8, 4) is 5.75 Å². The van der Waals surface area contributed by atoms with Gasteiger partial charge in [-0.15, -0.1) is 0 Å². The van der Waals surface area contributed by atoms with Crippen molar-refractivity contribution in [1.29, 1.82) is 0 Å². The van der Waals surface area contributed by atoms with Crippen molar-refractivity contribution in [3.63, 3.8) is 0 Å². The molecule has 0 spiro atoms. The molecule has 0 aliphatic carbocycles. The van der Waals surface area contributed by atoms with Crippen LogP contribution in [0, 0.1) is 0 Å². The second kappa shape index (κ2) is 8.02. The molecule has 1 fully saturated rings. The Hall–Kier alpha value is -1.27. The molecule has 0 aromatic heterocycles. The minimum Gasteiger partial charge on any atom is -0.491 e. The van der Waals surface area contributed by atoms with Crippen molar-refractivity contribution in [2.24, 2.45) is 0 Å². The molecule has 3 nitrogen and oxygen atoms in total. The van der Waals surface area contributed by atoms with Crippen molar-refractivity contribution >= 4 is 0 Å². The van der Waals surface area contributed by atoms with Gasteiger partial charge >= 0.3 is 6.18 Å². The van der Waals surface area contributed by atoms with Crippen LogP contribution < -0.4 is 10.1 Å². The van der Waals surface area contributed by atoms with Crippen LogP contribution in [0.3, 0.4) is 0 Å². The van der Waals surface area contributed by atoms with E-state index in [1.54, 1.807) is 0 Å². The summed E-state index contributed by atoms with van der Waals surface area (Å²) in [6.07, 6.45) is -4.87. The Morgan fingerprint density at radius 1 is 1.17 bits per heavy atom. The monoisotopic (exact) mass is 330 g/mol. The number of piperazine rings is 1. The van der Waals surface area contributed by atoms with Crippen LogP contribution in [-0.2, 0) is 0 Å². The highest BCUT2D eigenvalue weighted by molar-refractivity contribution is 5.36. The van der Waals surface area contributed by atoms with Gasteiger partial charge < -0.3 is 10.1 Å². The molecule has 0 radical (unpaired) electrons. The minimum absolute atomic E-state index is 0.0116. The van der Waals surface area contributed by atoms with Gasteiger partial charge in [-0.05, 0) is 26.3 Å². The molecule has 1 aliphatic rings. The van der Waals surface area contributed by atoms with Crippen LogP contribution in [0.15, 0.2) is 24.3 Å². The standard InChI is InChI=1S/C17H25F3N2O/c1-13(2)23-16-6-4-3-5-14(16)15(7-8-17(18,19)20)22-11-9-21-10-12-22/h3-6,13,15,21H,7-12H2,1-2H3/t15-/m0/s1. The smallest absolute Gasteiger partial charge is 0.389 e. The first-order chi connectivity index (χ1) is 10.9. The minimum atomic E-state index is -4.14. The molecule has 1 aromatic rings. The second-order valence-corrected chi connectivity index (χ2v) is 6.16. The number of hydrogen-bond donors (Lipinski definition) is 1. The number of nitrogens with zero attached hydrogens (tertiary/aromatic N) is 1. The van der Waals surface area contributed by atoms with E-state index in [0.717, 1.165) is 31.7 Å². The number of halogens is 3. The maximum Gasteiger partial charge on any atom is 0.389 e. The predicted octanol–water partition coefficient (Wildman–Crippen LogP) is 3.76. The molecule has 1 atom stereocenters. The third kappa shape index (κ3) is 5.70. The van der Waals surface area contributed by atoms with E-state index in [1.165, 1.54) is 0 Å². The van der Waals surface area contributed by atoms with Crippen LogP contribution in [0.4, 0.5) is 13.2 Å². The molecule has 1 N–H and O–H groups in total. The van der Waals surface area contributed by atoms with Crippen molar-refractivity contribution in [3.05, 3.63) is 29.8 Å². The third-order valence-corrected chi connectivity index (χ3v) is 3.93. The number of hydrogen-bond acceptors (Lipinski definition) is 3. The van der Waals surface area contributed by atoms with E-state index in [1.807, 2.05) is 38.1 Å². The van der Waals surface area contributed by atoms with Gasteiger partial charge in [-0.2, -0.15) is 13.2 Å². The molecular formula is C17H25F3N2O. The van der Waals surface area contributed by atoms with Crippen molar-refractivity contribution in [2.75, 3.05) is 26.2 Å². The summed E-state index contributed by atoms with van der Waals surface area (Å²) in [6, 6.07) is 7.19. The molecular weight excluding hydrogens is 305 g/mol. The number of para-hydroxylation sites is 1. The highest BCUT2D eigenvalue weighted by atomic mass is 19.4. The molecule has 1 saturated heterocycles. The van der Waals surface area contributed by atoms with Gasteiger partial charge in [-0.1, -0.05) is 18.2 Å². The fourth-order valence-electron chi connectivity index (χ4n) is 2.95. The summed E-state index contributed by atoms with van der Waals surface area (Å²) in [5, 5.41) is 3.25. The van der Waals surface area contributed by atoms with E-state index in [9.17, 15) is 13.2 Å². The molecule has 1 aliphatic heterocycles. The quantitative estimate of drug-likeness (QED) is 0.859. The van der Waals surface area contributed by atoms with Gasteiger partial charge in [-0.25, -0.2) is 0 Å². The molecule has 0 saturated carbocycles. The van der Waals surface area contributed by atoms with Crippen LogP contribution in [0.1, 0.15) is 38.3 Å². The lowest BCUT2D eigenvalue weighted by molar-refractivity contribution is -0.138. The SMILES string of the molecule is CC(C)Oc1ccccc1[C@H](CCC(F)(F)F)N1CCNCC1. The highest BCUT2D eigenvalue weighted by Gasteiger charge is 2.32. The molecule has 23 heavy (non-hydrogen) atoms. The molecule has 0 bridgehead atoms. The maximum absolute atomic E-state index is 12.7. The van der Waals surface area contributed by atoms with Gasteiger partial charge in [0.05, 0.1) is 6.10 Å². The van der Waals surface area contributed by atoms with Crippen molar-refractivity contribution in [2.45, 2.75) is 45.0 Å². The topological polar surface area (TPSA) is 24.5 Å². The van der Waals surface area contributed by atoms with E-state index >= 15 is 0 Å². The molecule has 0 amide bonds. The van der Waals surface area contributed by atoms with E-state index in [4.69, 9.17) is 4.74 Å². The molecule has 0 unspecified atom stereocenters. The van der Waals surface area contributed by atoms with Crippen LogP contribution in [0.5, 0.6) is 5.75 Å². The zero-order chi connectivity index (χ0) is 16.9. The van der Waals surface area contributed by atoms with Crippen LogP contribution in [0.2, 0.25) is 0 Å². The second-order valence-electron chi connectivity index (χ2n) is 6.16. The average molecular weight is 330 g/mol. The van der Waals surface area contributed by atoms with Gasteiger partial charge in [0.15, 0.2) is 0 Å². The fraction of sp³-hybridized carbons (Fsp3) is 0.647. The van der Waals surface area contributed by atoms with Crippen molar-refractivity contribution in [1.82, 2.24) is 10.2 Å². The fourth-order valence-corrected chi connectivity index (χ4v) is 2.95. The first kappa shape index (κ1) is 18.1. The normalized spacial score (nSPS) is 18.2. The number of rotatable bonds is 6. The van der Waals surface area contributed by atoms with Gasteiger partial charge in [-0.3, -0.25) is 4.90 Å². The number of nitrogens with one attached hydrogen (secondary N) is 1. The molecule has 6 heteroatoms. The van der Waals surface area contributed by atoms with Gasteiger partial charge in [0.1, 0.15) is 5.75 Å². The highest BCUT2D eigenvalue weighted by Crippen LogP contribution is 2.36. The Labute approximate surface area is 135 Å². The number of benzene rings is 1. The Balaban J connectivity index is 2.24. The zero-order valence-electron chi connectivity index (χ0n) is 13.7. The van der Waals surface area contributed by atoms with Gasteiger partial charge in [0.2, 0.25) is 0 Å². The lowest BCUT2D eigenvalue weighted by atomic mass is 9.98. The first-order valence-electron chi connectivity index (χ1n) is 8.14. The average Bonchev–Trinajstić information content (AvgIpc) is 2.48. The summed E-state index contributed by atoms with van der Waals surface area (Å²) in [4.78, 5) is 2.13. The van der Waals surface area contributed by atoms with E-state index in [-0.39, 0.29) is 18.6 Å². The molecule has 1 aromatic carbocycles. The summed E-state index contributed by atoms with van der Waals surface area (Å²) >= 11 is 0. The van der Waals surface area contributed by atoms with E-state index < -0.39 is 12.6 Å². The lowest BCUT2D eigenvalue weighted by Gasteiger charge is -2.36. The summed E-state index contributed by atoms with van der Waals surface area (Å²) in [6.45, 7) is 6.95. The van der Waals surface area contributed by atoms with E-state index in [2.05, 4.69) is 10.2 Å². The Morgan fingerprint density at radius 2 is 1.83 bits per heavy atom. The summed E-state index contributed by atoms with van der Waals surface area (Å²) in [5.41, 5.74) is 0.854. The zero-order valence-corrected chi connectivity index (χ0v) is 13.7. The first-order valence-corrected chi connectivity index (χ1v) is 8.14. The molecule has 2 rings (SSSR count). The van der Waals surface area contributed by atoms with Crippen molar-refractivity contribution < 1.29 is 17.9 Å². The van der Waals surface area contributed by atoms with Gasteiger partial charge in [0, 0.05) is 44.2 Å². The number of ether oxygens (including phenoxy) is 1. The van der Waals surface area contributed by atoms with Gasteiger partial charge in [0.25, 0.3) is 0 Å². The summed E-state index contributed by atoms with van der Waals surface area (Å²) in [5.74, 6) is 0.688. The molecule has 1 heterocycles. The largest absolute Gasteiger partial charge is 0.491 e. The Bertz CT molecular complexity index is 485. The molecule has 130 valence electrons. The number of alkyl halides is 3. The summed E-state index contributed by atoms with van der Waals surface area (Å²) in [7, 11) is 0. The van der Waals surface area contributed by atoms with Crippen LogP contribution >= 0.6 is 0 Å². The third-order valence-electron chi connectivity index (χ3n) is 3.93. The van der Waals surface area contributed by atoms with E-state index in [0.29, 0.717) is 5.75 Å². The Kier molecular flexibility index (Phi) is 6.30. The van der Waals surface area contributed by atoms with Crippen LogP contribution in [0.25, 0.3) is 0 Å². The summed E-state index contributed by atoms with van der Waals surface area (Å²) < 4.78 is 44.1. The lowest BCUT2D eigenvalue weighted by Crippen LogP contribution is -2.45.